The van der Waals surface area contributed by atoms with Crippen LogP contribution in [-0.4, -0.2) is 21.2 Å². The van der Waals surface area contributed by atoms with E-state index in [4.69, 9.17) is 0 Å². The molecule has 0 aromatic carbocycles. The minimum absolute atomic E-state index is 0.532. The van der Waals surface area contributed by atoms with Crippen LogP contribution in [0.2, 0.25) is 0 Å². The molecule has 2 fully saturated rings. The van der Waals surface area contributed by atoms with Crippen LogP contribution in [-0.2, 0) is 6.54 Å². The zero-order chi connectivity index (χ0) is 13.5. The van der Waals surface area contributed by atoms with E-state index >= 15 is 0 Å². The third-order valence-corrected chi connectivity index (χ3v) is 4.57. The minimum Gasteiger partial charge on any atom is -0.348 e. The molecule has 0 aliphatic heterocycles. The zero-order valence-corrected chi connectivity index (χ0v) is 12.0. The fourth-order valence-corrected chi connectivity index (χ4v) is 3.17. The lowest BCUT2D eigenvalue weighted by Crippen LogP contribution is -2.17. The molecule has 2 heterocycles. The maximum absolute atomic E-state index is 4.31. The highest BCUT2D eigenvalue weighted by atomic mass is 15.1. The van der Waals surface area contributed by atoms with Gasteiger partial charge in [0.05, 0.1) is 18.6 Å². The highest BCUT2D eigenvalue weighted by molar-refractivity contribution is 5.19. The van der Waals surface area contributed by atoms with Gasteiger partial charge in [-0.15, -0.1) is 0 Å². The standard InChI is InChI=1S/C16H22N4/c1-17-16(12-2-3-12)13-6-7-19(9-13)10-15-8-18-11-20(15)14-4-5-14/h6-9,11-12,14,16-17H,2-5,10H2,1H3. The number of nitrogens with zero attached hydrogens (tertiary/aromatic N) is 3. The van der Waals surface area contributed by atoms with Gasteiger partial charge in [0, 0.05) is 30.7 Å². The Hall–Kier alpha value is -1.55. The van der Waals surface area contributed by atoms with Crippen molar-refractivity contribution in [3.8, 4) is 0 Å². The molecule has 2 aromatic heterocycles. The first-order valence-electron chi connectivity index (χ1n) is 7.69. The highest BCUT2D eigenvalue weighted by Crippen LogP contribution is 2.41. The van der Waals surface area contributed by atoms with E-state index in [-0.39, 0.29) is 0 Å². The van der Waals surface area contributed by atoms with Crippen LogP contribution >= 0.6 is 0 Å². The first-order chi connectivity index (χ1) is 9.85. The summed E-state index contributed by atoms with van der Waals surface area (Å²) in [4.78, 5) is 4.31. The van der Waals surface area contributed by atoms with Crippen molar-refractivity contribution in [2.24, 2.45) is 5.92 Å². The van der Waals surface area contributed by atoms with Crippen molar-refractivity contribution < 1.29 is 0 Å². The topological polar surface area (TPSA) is 34.8 Å². The van der Waals surface area contributed by atoms with E-state index in [1.54, 1.807) is 0 Å². The van der Waals surface area contributed by atoms with E-state index in [2.05, 4.69) is 44.9 Å². The quantitative estimate of drug-likeness (QED) is 0.876. The number of rotatable bonds is 6. The van der Waals surface area contributed by atoms with E-state index in [0.29, 0.717) is 12.1 Å². The fraction of sp³-hybridized carbons (Fsp3) is 0.562. The van der Waals surface area contributed by atoms with Gasteiger partial charge in [0.15, 0.2) is 0 Å². The number of hydrogen-bond donors (Lipinski definition) is 1. The van der Waals surface area contributed by atoms with Crippen LogP contribution in [0.3, 0.4) is 0 Å². The SMILES string of the molecule is CNC(c1ccn(Cc2cncn2C2CC2)c1)C1CC1. The van der Waals surface area contributed by atoms with Gasteiger partial charge in [-0.25, -0.2) is 4.98 Å². The summed E-state index contributed by atoms with van der Waals surface area (Å²) in [6.45, 7) is 0.928. The van der Waals surface area contributed by atoms with Gasteiger partial charge in [0.2, 0.25) is 0 Å². The van der Waals surface area contributed by atoms with Crippen molar-refractivity contribution in [2.45, 2.75) is 44.3 Å². The van der Waals surface area contributed by atoms with Crippen molar-refractivity contribution in [3.63, 3.8) is 0 Å². The van der Waals surface area contributed by atoms with Gasteiger partial charge in [-0.1, -0.05) is 0 Å². The van der Waals surface area contributed by atoms with E-state index in [0.717, 1.165) is 12.5 Å². The van der Waals surface area contributed by atoms with E-state index in [1.165, 1.54) is 36.9 Å². The van der Waals surface area contributed by atoms with Gasteiger partial charge >= 0.3 is 0 Å². The number of hydrogen-bond acceptors (Lipinski definition) is 2. The molecule has 1 unspecified atom stereocenters. The zero-order valence-electron chi connectivity index (χ0n) is 12.0. The van der Waals surface area contributed by atoms with Gasteiger partial charge < -0.3 is 14.5 Å². The lowest BCUT2D eigenvalue weighted by molar-refractivity contribution is 0.527. The second-order valence-corrected chi connectivity index (χ2v) is 6.24. The Morgan fingerprint density at radius 1 is 1.35 bits per heavy atom. The molecule has 0 radical (unpaired) electrons. The summed E-state index contributed by atoms with van der Waals surface area (Å²) in [7, 11) is 2.07. The van der Waals surface area contributed by atoms with Crippen molar-refractivity contribution in [2.75, 3.05) is 7.05 Å². The Balaban J connectivity index is 1.51. The largest absolute Gasteiger partial charge is 0.348 e. The van der Waals surface area contributed by atoms with Gasteiger partial charge in [0.25, 0.3) is 0 Å². The smallest absolute Gasteiger partial charge is 0.0951 e. The number of nitrogens with one attached hydrogen (secondary N) is 1. The van der Waals surface area contributed by atoms with Crippen LogP contribution in [0, 0.1) is 5.92 Å². The molecule has 0 amide bonds. The third-order valence-electron chi connectivity index (χ3n) is 4.57. The molecule has 0 saturated heterocycles. The fourth-order valence-electron chi connectivity index (χ4n) is 3.17. The molecule has 4 heteroatoms. The molecule has 20 heavy (non-hydrogen) atoms. The molecule has 0 bridgehead atoms. The second-order valence-electron chi connectivity index (χ2n) is 6.24. The molecule has 106 valence electrons. The van der Waals surface area contributed by atoms with E-state index < -0.39 is 0 Å². The molecular weight excluding hydrogens is 248 g/mol. The van der Waals surface area contributed by atoms with Crippen LogP contribution in [0.15, 0.2) is 31.0 Å². The molecule has 2 saturated carbocycles. The predicted molar refractivity (Wildman–Crippen MR) is 78.6 cm³/mol. The van der Waals surface area contributed by atoms with Crippen LogP contribution in [0.5, 0.6) is 0 Å². The van der Waals surface area contributed by atoms with Gasteiger partial charge in [0.1, 0.15) is 0 Å². The molecule has 4 rings (SSSR count). The molecule has 0 spiro atoms. The second kappa shape index (κ2) is 4.77. The first-order valence-corrected chi connectivity index (χ1v) is 7.69. The summed E-state index contributed by atoms with van der Waals surface area (Å²) < 4.78 is 4.63. The lowest BCUT2D eigenvalue weighted by Gasteiger charge is -2.13. The van der Waals surface area contributed by atoms with Gasteiger partial charge in [-0.05, 0) is 50.3 Å². The number of imidazole rings is 1. The van der Waals surface area contributed by atoms with Crippen LogP contribution in [0.25, 0.3) is 0 Å². The Kier molecular flexibility index (Phi) is 2.91. The molecule has 1 N–H and O–H groups in total. The summed E-state index contributed by atoms with van der Waals surface area (Å²) in [5, 5.41) is 3.46. The molecule has 2 aromatic rings. The van der Waals surface area contributed by atoms with E-state index in [9.17, 15) is 0 Å². The first kappa shape index (κ1) is 12.2. The summed E-state index contributed by atoms with van der Waals surface area (Å²) >= 11 is 0. The molecular formula is C16H22N4. The summed E-state index contributed by atoms with van der Waals surface area (Å²) in [6, 6.07) is 3.50. The van der Waals surface area contributed by atoms with Crippen LogP contribution in [0.4, 0.5) is 0 Å². The third kappa shape index (κ3) is 2.29. The van der Waals surface area contributed by atoms with Crippen LogP contribution in [0.1, 0.15) is 49.0 Å². The van der Waals surface area contributed by atoms with Gasteiger partial charge in [-0.2, -0.15) is 0 Å². The van der Waals surface area contributed by atoms with Crippen molar-refractivity contribution >= 4 is 0 Å². The molecule has 2 aliphatic carbocycles. The average molecular weight is 270 g/mol. The normalized spacial score (nSPS) is 20.2. The molecule has 4 nitrogen and oxygen atoms in total. The maximum atomic E-state index is 4.31. The Morgan fingerprint density at radius 3 is 2.90 bits per heavy atom. The monoisotopic (exact) mass is 270 g/mol. The summed E-state index contributed by atoms with van der Waals surface area (Å²) in [5.74, 6) is 0.841. The summed E-state index contributed by atoms with van der Waals surface area (Å²) in [5.41, 5.74) is 2.74. The Labute approximate surface area is 119 Å². The van der Waals surface area contributed by atoms with Crippen molar-refractivity contribution in [3.05, 3.63) is 42.2 Å². The number of aromatic nitrogens is 3. The van der Waals surface area contributed by atoms with E-state index in [1.807, 2.05) is 12.5 Å². The van der Waals surface area contributed by atoms with Gasteiger partial charge in [-0.3, -0.25) is 0 Å². The predicted octanol–water partition coefficient (Wildman–Crippen LogP) is 2.74. The minimum atomic E-state index is 0.532. The van der Waals surface area contributed by atoms with Crippen molar-refractivity contribution in [1.29, 1.82) is 0 Å². The average Bonchev–Trinajstić information content (AvgIpc) is 3.37. The Bertz CT molecular complexity index is 589. The maximum Gasteiger partial charge on any atom is 0.0951 e. The molecule has 2 aliphatic rings. The lowest BCUT2D eigenvalue weighted by atomic mass is 10.1. The Morgan fingerprint density at radius 2 is 2.20 bits per heavy atom. The van der Waals surface area contributed by atoms with Crippen molar-refractivity contribution in [1.82, 2.24) is 19.4 Å². The summed E-state index contributed by atoms with van der Waals surface area (Å²) in [6.07, 6.45) is 13.8. The highest BCUT2D eigenvalue weighted by Gasteiger charge is 2.31. The molecule has 1 atom stereocenters. The van der Waals surface area contributed by atoms with Crippen LogP contribution < -0.4 is 5.32 Å².